The van der Waals surface area contributed by atoms with Crippen molar-refractivity contribution in [3.05, 3.63) is 54.1 Å². The molecule has 1 unspecified atom stereocenters. The number of hydrogen-bond donors (Lipinski definition) is 2. The predicted octanol–water partition coefficient (Wildman–Crippen LogP) is 2.49. The topological polar surface area (TPSA) is 84.5 Å². The summed E-state index contributed by atoms with van der Waals surface area (Å²) in [4.78, 5) is 11.5. The molecule has 1 atom stereocenters. The van der Waals surface area contributed by atoms with Gasteiger partial charge in [0.1, 0.15) is 5.75 Å². The first-order valence-corrected chi connectivity index (χ1v) is 9.55. The van der Waals surface area contributed by atoms with Crippen molar-refractivity contribution in [3.8, 4) is 5.75 Å². The zero-order valence-electron chi connectivity index (χ0n) is 13.9. The van der Waals surface area contributed by atoms with Gasteiger partial charge in [0.15, 0.2) is 6.61 Å². The second kappa shape index (κ2) is 7.25. The van der Waals surface area contributed by atoms with E-state index in [0.29, 0.717) is 24.4 Å². The number of anilines is 1. The molecule has 0 fully saturated rings. The molecule has 0 saturated heterocycles. The summed E-state index contributed by atoms with van der Waals surface area (Å²) in [5.74, 6) is 0.420. The summed E-state index contributed by atoms with van der Waals surface area (Å²) in [6, 6.07) is 14.4. The molecule has 7 heteroatoms. The number of benzene rings is 2. The van der Waals surface area contributed by atoms with E-state index >= 15 is 0 Å². The average Bonchev–Trinajstić information content (AvgIpc) is 2.61. The highest BCUT2D eigenvalue weighted by molar-refractivity contribution is 7.89. The third-order valence-corrected chi connectivity index (χ3v) is 5.59. The van der Waals surface area contributed by atoms with Crippen LogP contribution in [0.2, 0.25) is 0 Å². The Morgan fingerprint density at radius 2 is 1.96 bits per heavy atom. The number of carbonyl (C=O) groups is 1. The maximum atomic E-state index is 12.5. The maximum Gasteiger partial charge on any atom is 0.262 e. The van der Waals surface area contributed by atoms with Crippen molar-refractivity contribution in [2.45, 2.75) is 24.2 Å². The standard InChI is InChI=1S/C18H20N2O4S/c1-13(14-5-3-2-4-6-14)9-10-19-25(22,23)15-7-8-17-16(11-15)20-18(21)12-24-17/h2-8,11,13,19H,9-10,12H2,1H3,(H,20,21). The van der Waals surface area contributed by atoms with E-state index in [2.05, 4.69) is 17.0 Å². The quantitative estimate of drug-likeness (QED) is 0.829. The number of carbonyl (C=O) groups excluding carboxylic acids is 1. The minimum Gasteiger partial charge on any atom is -0.482 e. The molecular formula is C18H20N2O4S. The van der Waals surface area contributed by atoms with Crippen LogP contribution in [0, 0.1) is 0 Å². The van der Waals surface area contributed by atoms with Gasteiger partial charge in [-0.25, -0.2) is 13.1 Å². The fourth-order valence-corrected chi connectivity index (χ4v) is 3.74. The van der Waals surface area contributed by atoms with E-state index in [1.807, 2.05) is 30.3 Å². The number of sulfonamides is 1. The largest absolute Gasteiger partial charge is 0.482 e. The molecule has 6 nitrogen and oxygen atoms in total. The van der Waals surface area contributed by atoms with Gasteiger partial charge in [0.2, 0.25) is 10.0 Å². The number of rotatable bonds is 6. The Morgan fingerprint density at radius 3 is 2.72 bits per heavy atom. The SMILES string of the molecule is CC(CCNS(=O)(=O)c1ccc2c(c1)NC(=O)CO2)c1ccccc1. The number of ether oxygens (including phenoxy) is 1. The van der Waals surface area contributed by atoms with Gasteiger partial charge in [0, 0.05) is 6.54 Å². The molecule has 0 saturated carbocycles. The lowest BCUT2D eigenvalue weighted by Gasteiger charge is -2.18. The van der Waals surface area contributed by atoms with Crippen LogP contribution in [0.5, 0.6) is 5.75 Å². The molecule has 25 heavy (non-hydrogen) atoms. The van der Waals surface area contributed by atoms with Gasteiger partial charge in [-0.1, -0.05) is 37.3 Å². The lowest BCUT2D eigenvalue weighted by atomic mass is 9.98. The van der Waals surface area contributed by atoms with E-state index in [9.17, 15) is 13.2 Å². The molecule has 0 aliphatic carbocycles. The fourth-order valence-electron chi connectivity index (χ4n) is 2.67. The van der Waals surface area contributed by atoms with E-state index in [1.165, 1.54) is 17.7 Å². The Balaban J connectivity index is 1.64. The molecule has 0 spiro atoms. The summed E-state index contributed by atoms with van der Waals surface area (Å²) in [5, 5.41) is 2.61. The van der Waals surface area contributed by atoms with Crippen LogP contribution in [-0.4, -0.2) is 27.5 Å². The van der Waals surface area contributed by atoms with Gasteiger partial charge < -0.3 is 10.1 Å². The van der Waals surface area contributed by atoms with Crippen LogP contribution in [0.25, 0.3) is 0 Å². The molecule has 1 heterocycles. The highest BCUT2D eigenvalue weighted by atomic mass is 32.2. The molecule has 2 aromatic carbocycles. The summed E-state index contributed by atoms with van der Waals surface area (Å²) >= 11 is 0. The van der Waals surface area contributed by atoms with E-state index in [0.717, 1.165) is 0 Å². The second-order valence-electron chi connectivity index (χ2n) is 5.99. The number of fused-ring (bicyclic) bond motifs is 1. The Labute approximate surface area is 147 Å². The van der Waals surface area contributed by atoms with Gasteiger partial charge in [-0.2, -0.15) is 0 Å². The van der Waals surface area contributed by atoms with Crippen molar-refractivity contribution in [2.75, 3.05) is 18.5 Å². The van der Waals surface area contributed by atoms with Crippen molar-refractivity contribution in [1.82, 2.24) is 4.72 Å². The Kier molecular flexibility index (Phi) is 5.06. The normalized spacial score (nSPS) is 15.0. The highest BCUT2D eigenvalue weighted by Crippen LogP contribution is 2.30. The van der Waals surface area contributed by atoms with Gasteiger partial charge >= 0.3 is 0 Å². The summed E-state index contributed by atoms with van der Waals surface area (Å²) < 4.78 is 32.8. The molecule has 3 rings (SSSR count). The monoisotopic (exact) mass is 360 g/mol. The first-order chi connectivity index (χ1) is 12.0. The molecule has 2 aromatic rings. The van der Waals surface area contributed by atoms with Crippen molar-refractivity contribution >= 4 is 21.6 Å². The Morgan fingerprint density at radius 1 is 1.20 bits per heavy atom. The van der Waals surface area contributed by atoms with Crippen LogP contribution < -0.4 is 14.8 Å². The molecule has 1 amide bonds. The van der Waals surface area contributed by atoms with Crippen molar-refractivity contribution in [1.29, 1.82) is 0 Å². The first-order valence-electron chi connectivity index (χ1n) is 8.07. The Hall–Kier alpha value is -2.38. The minimum absolute atomic E-state index is 0.0608. The molecule has 1 aliphatic heterocycles. The molecule has 2 N–H and O–H groups in total. The molecule has 1 aliphatic rings. The van der Waals surface area contributed by atoms with E-state index < -0.39 is 10.0 Å². The van der Waals surface area contributed by atoms with Gasteiger partial charge in [-0.15, -0.1) is 0 Å². The first kappa shape index (κ1) is 17.4. The second-order valence-corrected chi connectivity index (χ2v) is 7.76. The molecule has 0 radical (unpaired) electrons. The molecule has 132 valence electrons. The third kappa shape index (κ3) is 4.18. The van der Waals surface area contributed by atoms with Crippen molar-refractivity contribution < 1.29 is 17.9 Å². The van der Waals surface area contributed by atoms with Gasteiger partial charge in [-0.05, 0) is 36.1 Å². The number of hydrogen-bond acceptors (Lipinski definition) is 4. The highest BCUT2D eigenvalue weighted by Gasteiger charge is 2.20. The molecule has 0 bridgehead atoms. The van der Waals surface area contributed by atoms with Crippen LogP contribution >= 0.6 is 0 Å². The van der Waals surface area contributed by atoms with Crippen LogP contribution in [0.3, 0.4) is 0 Å². The van der Waals surface area contributed by atoms with Gasteiger partial charge in [-0.3, -0.25) is 4.79 Å². The molecule has 0 aromatic heterocycles. The Bertz CT molecular complexity index is 866. The van der Waals surface area contributed by atoms with Crippen LogP contribution in [0.1, 0.15) is 24.8 Å². The third-order valence-electron chi connectivity index (χ3n) is 4.13. The summed E-state index contributed by atoms with van der Waals surface area (Å²) in [6.45, 7) is 2.34. The lowest BCUT2D eigenvalue weighted by molar-refractivity contribution is -0.118. The average molecular weight is 360 g/mol. The fraction of sp³-hybridized carbons (Fsp3) is 0.278. The summed E-state index contributed by atoms with van der Waals surface area (Å²) in [6.07, 6.45) is 0.689. The zero-order valence-corrected chi connectivity index (χ0v) is 14.7. The van der Waals surface area contributed by atoms with E-state index in [4.69, 9.17) is 4.74 Å². The van der Waals surface area contributed by atoms with Crippen molar-refractivity contribution in [2.24, 2.45) is 0 Å². The number of nitrogens with one attached hydrogen (secondary N) is 2. The van der Waals surface area contributed by atoms with Gasteiger partial charge in [0.05, 0.1) is 10.6 Å². The zero-order chi connectivity index (χ0) is 17.9. The van der Waals surface area contributed by atoms with Crippen LogP contribution in [-0.2, 0) is 14.8 Å². The number of amides is 1. The summed E-state index contributed by atoms with van der Waals surface area (Å²) in [5.41, 5.74) is 1.55. The van der Waals surface area contributed by atoms with E-state index in [1.54, 1.807) is 6.07 Å². The predicted molar refractivity (Wildman–Crippen MR) is 95.2 cm³/mol. The summed E-state index contributed by atoms with van der Waals surface area (Å²) in [7, 11) is -3.65. The van der Waals surface area contributed by atoms with E-state index in [-0.39, 0.29) is 23.3 Å². The van der Waals surface area contributed by atoms with Gasteiger partial charge in [0.25, 0.3) is 5.91 Å². The van der Waals surface area contributed by atoms with Crippen molar-refractivity contribution in [3.63, 3.8) is 0 Å². The maximum absolute atomic E-state index is 12.5. The van der Waals surface area contributed by atoms with Crippen LogP contribution in [0.15, 0.2) is 53.4 Å². The van der Waals surface area contributed by atoms with Crippen LogP contribution in [0.4, 0.5) is 5.69 Å². The minimum atomic E-state index is -3.65. The lowest BCUT2D eigenvalue weighted by Crippen LogP contribution is -2.27. The smallest absolute Gasteiger partial charge is 0.262 e. The molecular weight excluding hydrogens is 340 g/mol.